The van der Waals surface area contributed by atoms with Crippen molar-refractivity contribution in [1.29, 1.82) is 0 Å². The summed E-state index contributed by atoms with van der Waals surface area (Å²) >= 11 is 3.55. The van der Waals surface area contributed by atoms with Gasteiger partial charge in [0.15, 0.2) is 0 Å². The van der Waals surface area contributed by atoms with Crippen molar-refractivity contribution >= 4 is 32.5 Å². The van der Waals surface area contributed by atoms with E-state index in [1.165, 1.54) is 5.39 Å². The molecule has 1 heterocycles. The summed E-state index contributed by atoms with van der Waals surface area (Å²) in [5.74, 6) is 6.83. The molecule has 1 N–H and O–H groups in total. The molecular formula is C14H13BrN2. The highest BCUT2D eigenvalue weighted by atomic mass is 79.9. The fraction of sp³-hybridized carbons (Fsp3) is 0.214. The zero-order chi connectivity index (χ0) is 12.1. The molecule has 0 bridgehead atoms. The molecule has 0 saturated carbocycles. The molecule has 0 fully saturated rings. The molecule has 0 radical (unpaired) electrons. The Hall–Kier alpha value is -1.53. The minimum Gasteiger partial charge on any atom is -0.369 e. The third kappa shape index (κ3) is 2.78. The van der Waals surface area contributed by atoms with E-state index < -0.39 is 0 Å². The van der Waals surface area contributed by atoms with Crippen molar-refractivity contribution in [3.63, 3.8) is 0 Å². The van der Waals surface area contributed by atoms with Gasteiger partial charge in [-0.05, 0) is 19.1 Å². The first kappa shape index (κ1) is 11.9. The summed E-state index contributed by atoms with van der Waals surface area (Å²) in [6.45, 7) is 2.67. The van der Waals surface area contributed by atoms with Crippen LogP contribution < -0.4 is 5.32 Å². The van der Waals surface area contributed by atoms with Crippen LogP contribution in [0.2, 0.25) is 0 Å². The van der Waals surface area contributed by atoms with Gasteiger partial charge in [0.05, 0.1) is 0 Å². The largest absolute Gasteiger partial charge is 0.369 e. The maximum absolute atomic E-state index is 4.37. The number of hydrogen-bond donors (Lipinski definition) is 1. The molecule has 2 aromatic rings. The van der Waals surface area contributed by atoms with Crippen LogP contribution in [-0.2, 0) is 0 Å². The predicted octanol–water partition coefficient (Wildman–Crippen LogP) is 3.82. The second-order valence-corrected chi connectivity index (χ2v) is 4.45. The normalized spacial score (nSPS) is 9.76. The third-order valence-corrected chi connectivity index (χ3v) is 3.16. The molecule has 0 spiro atoms. The molecule has 17 heavy (non-hydrogen) atoms. The van der Waals surface area contributed by atoms with Crippen molar-refractivity contribution in [3.8, 4) is 11.8 Å². The van der Waals surface area contributed by atoms with Crippen LogP contribution in [0.15, 0.2) is 34.9 Å². The smallest absolute Gasteiger partial charge is 0.133 e. The third-order valence-electron chi connectivity index (χ3n) is 2.47. The van der Waals surface area contributed by atoms with Crippen molar-refractivity contribution in [2.45, 2.75) is 13.3 Å². The second-order valence-electron chi connectivity index (χ2n) is 3.60. The van der Waals surface area contributed by atoms with Crippen LogP contribution in [0.5, 0.6) is 0 Å². The minimum absolute atomic E-state index is 0.819. The summed E-state index contributed by atoms with van der Waals surface area (Å²) in [5.41, 5.74) is 0. The predicted molar refractivity (Wildman–Crippen MR) is 76.0 cm³/mol. The quantitative estimate of drug-likeness (QED) is 0.686. The van der Waals surface area contributed by atoms with Crippen LogP contribution in [0, 0.1) is 11.8 Å². The monoisotopic (exact) mass is 288 g/mol. The molecule has 1 aromatic carbocycles. The Kier molecular flexibility index (Phi) is 4.00. The fourth-order valence-corrected chi connectivity index (χ4v) is 2.18. The van der Waals surface area contributed by atoms with E-state index in [1.54, 1.807) is 0 Å². The molecule has 0 aliphatic carbocycles. The second kappa shape index (κ2) is 5.70. The van der Waals surface area contributed by atoms with Gasteiger partial charge in [0, 0.05) is 34.4 Å². The topological polar surface area (TPSA) is 24.9 Å². The maximum atomic E-state index is 4.37. The SMILES string of the molecule is CC#CCCNc1nccc2c(Br)cccc12. The molecule has 0 saturated heterocycles. The Morgan fingerprint density at radius 2 is 2.18 bits per heavy atom. The number of nitrogens with one attached hydrogen (secondary N) is 1. The number of halogens is 1. The summed E-state index contributed by atoms with van der Waals surface area (Å²) in [6, 6.07) is 8.14. The lowest BCUT2D eigenvalue weighted by atomic mass is 10.1. The summed E-state index contributed by atoms with van der Waals surface area (Å²) < 4.78 is 1.09. The molecular weight excluding hydrogens is 276 g/mol. The highest BCUT2D eigenvalue weighted by molar-refractivity contribution is 9.10. The van der Waals surface area contributed by atoms with Gasteiger partial charge in [-0.25, -0.2) is 4.98 Å². The zero-order valence-electron chi connectivity index (χ0n) is 9.63. The van der Waals surface area contributed by atoms with E-state index in [9.17, 15) is 0 Å². The lowest BCUT2D eigenvalue weighted by Gasteiger charge is -2.08. The first-order valence-electron chi connectivity index (χ1n) is 5.49. The van der Waals surface area contributed by atoms with Gasteiger partial charge in [0.25, 0.3) is 0 Å². The average molecular weight is 289 g/mol. The van der Waals surface area contributed by atoms with Crippen LogP contribution in [0.25, 0.3) is 10.8 Å². The van der Waals surface area contributed by atoms with E-state index in [0.29, 0.717) is 0 Å². The van der Waals surface area contributed by atoms with Gasteiger partial charge in [-0.1, -0.05) is 28.1 Å². The molecule has 2 nitrogen and oxygen atoms in total. The number of aromatic nitrogens is 1. The van der Waals surface area contributed by atoms with Gasteiger partial charge in [0.2, 0.25) is 0 Å². The number of rotatable bonds is 3. The Morgan fingerprint density at radius 1 is 1.29 bits per heavy atom. The molecule has 86 valence electrons. The Morgan fingerprint density at radius 3 is 3.00 bits per heavy atom. The maximum Gasteiger partial charge on any atom is 0.133 e. The molecule has 0 atom stereocenters. The highest BCUT2D eigenvalue weighted by Crippen LogP contribution is 2.27. The van der Waals surface area contributed by atoms with Gasteiger partial charge in [-0.3, -0.25) is 0 Å². The molecule has 0 aliphatic heterocycles. The zero-order valence-corrected chi connectivity index (χ0v) is 11.2. The fourth-order valence-electron chi connectivity index (χ4n) is 1.68. The lowest BCUT2D eigenvalue weighted by Crippen LogP contribution is -2.02. The average Bonchev–Trinajstić information content (AvgIpc) is 2.36. The van der Waals surface area contributed by atoms with Gasteiger partial charge >= 0.3 is 0 Å². The van der Waals surface area contributed by atoms with Crippen molar-refractivity contribution in [2.75, 3.05) is 11.9 Å². The number of pyridine rings is 1. The first-order chi connectivity index (χ1) is 8.33. The molecule has 0 amide bonds. The van der Waals surface area contributed by atoms with E-state index >= 15 is 0 Å². The molecule has 2 rings (SSSR count). The van der Waals surface area contributed by atoms with E-state index in [0.717, 1.165) is 28.6 Å². The Bertz CT molecular complexity index is 582. The summed E-state index contributed by atoms with van der Waals surface area (Å²) in [5, 5.41) is 5.62. The van der Waals surface area contributed by atoms with Crippen LogP contribution in [-0.4, -0.2) is 11.5 Å². The Balaban J connectivity index is 2.27. The van der Waals surface area contributed by atoms with Crippen LogP contribution in [0.1, 0.15) is 13.3 Å². The van der Waals surface area contributed by atoms with E-state index in [1.807, 2.05) is 31.3 Å². The number of anilines is 1. The van der Waals surface area contributed by atoms with E-state index in [-0.39, 0.29) is 0 Å². The lowest BCUT2D eigenvalue weighted by molar-refractivity contribution is 1.08. The van der Waals surface area contributed by atoms with Gasteiger partial charge in [0.1, 0.15) is 5.82 Å². The molecule has 1 aromatic heterocycles. The highest BCUT2D eigenvalue weighted by Gasteiger charge is 2.03. The van der Waals surface area contributed by atoms with E-state index in [2.05, 4.69) is 44.1 Å². The van der Waals surface area contributed by atoms with Crippen LogP contribution >= 0.6 is 15.9 Å². The molecule has 3 heteroatoms. The minimum atomic E-state index is 0.819. The first-order valence-corrected chi connectivity index (χ1v) is 6.29. The van der Waals surface area contributed by atoms with Crippen molar-refractivity contribution in [1.82, 2.24) is 4.98 Å². The number of hydrogen-bond acceptors (Lipinski definition) is 2. The van der Waals surface area contributed by atoms with Crippen molar-refractivity contribution in [2.24, 2.45) is 0 Å². The number of benzene rings is 1. The van der Waals surface area contributed by atoms with Gasteiger partial charge in [-0.15, -0.1) is 11.8 Å². The summed E-state index contributed by atoms with van der Waals surface area (Å²) in [7, 11) is 0. The van der Waals surface area contributed by atoms with Gasteiger partial charge in [-0.2, -0.15) is 0 Å². The van der Waals surface area contributed by atoms with Gasteiger partial charge < -0.3 is 5.32 Å². The molecule has 0 aliphatic rings. The van der Waals surface area contributed by atoms with E-state index in [4.69, 9.17) is 0 Å². The van der Waals surface area contributed by atoms with Crippen LogP contribution in [0.3, 0.4) is 0 Å². The molecule has 0 unspecified atom stereocenters. The summed E-state index contributed by atoms with van der Waals surface area (Å²) in [4.78, 5) is 4.37. The van der Waals surface area contributed by atoms with Crippen LogP contribution in [0.4, 0.5) is 5.82 Å². The Labute approximate surface area is 110 Å². The standard InChI is InChI=1S/C14H13BrN2/c1-2-3-4-9-16-14-12-6-5-7-13(15)11(12)8-10-17-14/h5-8,10H,4,9H2,1H3,(H,16,17). The summed E-state index contributed by atoms with van der Waals surface area (Å²) in [6.07, 6.45) is 2.66. The van der Waals surface area contributed by atoms with Crippen molar-refractivity contribution < 1.29 is 0 Å². The van der Waals surface area contributed by atoms with Crippen molar-refractivity contribution in [3.05, 3.63) is 34.9 Å². The number of fused-ring (bicyclic) bond motifs is 1. The number of nitrogens with zero attached hydrogens (tertiary/aromatic N) is 1.